The average molecular weight is 227 g/mol. The largest absolute Gasteiger partial charge is 0.507 e. The molecule has 0 heterocycles. The lowest BCUT2D eigenvalue weighted by atomic mass is 9.98. The van der Waals surface area contributed by atoms with Gasteiger partial charge in [-0.2, -0.15) is 0 Å². The Balaban J connectivity index is 2.43. The Morgan fingerprint density at radius 2 is 2.00 bits per heavy atom. The minimum Gasteiger partial charge on any atom is -0.507 e. The number of nitrogens with zero attached hydrogens (tertiary/aromatic N) is 1. The second kappa shape index (κ2) is 3.48. The van der Waals surface area contributed by atoms with Crippen LogP contribution in [0.4, 0.5) is 0 Å². The fourth-order valence-corrected chi connectivity index (χ4v) is 2.64. The third-order valence-corrected chi connectivity index (χ3v) is 3.50. The molecule has 2 aromatic rings. The molecule has 2 aromatic carbocycles. The Hall–Kier alpha value is -2.03. The first kappa shape index (κ1) is 10.1. The highest BCUT2D eigenvalue weighted by Gasteiger charge is 2.19. The Labute approximate surface area is 99.0 Å². The number of rotatable bonds is 1. The van der Waals surface area contributed by atoms with Crippen molar-refractivity contribution in [1.82, 2.24) is 0 Å². The molecule has 0 aromatic heterocycles. The van der Waals surface area contributed by atoms with Crippen molar-refractivity contribution in [2.24, 2.45) is 5.16 Å². The van der Waals surface area contributed by atoms with Crippen molar-refractivity contribution in [2.75, 3.05) is 0 Å². The van der Waals surface area contributed by atoms with Gasteiger partial charge in [0.25, 0.3) is 0 Å². The molecule has 17 heavy (non-hydrogen) atoms. The normalized spacial score (nSPS) is 14.5. The lowest BCUT2D eigenvalue weighted by Gasteiger charge is -2.09. The lowest BCUT2D eigenvalue weighted by molar-refractivity contribution is 0.319. The van der Waals surface area contributed by atoms with Crippen LogP contribution in [0.25, 0.3) is 10.8 Å². The maximum Gasteiger partial charge on any atom is 0.132 e. The molecule has 0 bridgehead atoms. The van der Waals surface area contributed by atoms with Crippen molar-refractivity contribution in [3.8, 4) is 5.75 Å². The van der Waals surface area contributed by atoms with Gasteiger partial charge in [-0.3, -0.25) is 0 Å². The molecular formula is C14H13NO2. The topological polar surface area (TPSA) is 52.8 Å². The number of oxime groups is 1. The van der Waals surface area contributed by atoms with Gasteiger partial charge < -0.3 is 10.3 Å². The third-order valence-electron chi connectivity index (χ3n) is 3.50. The molecule has 0 spiro atoms. The van der Waals surface area contributed by atoms with E-state index in [2.05, 4.69) is 11.2 Å². The van der Waals surface area contributed by atoms with E-state index in [1.54, 1.807) is 6.92 Å². The summed E-state index contributed by atoms with van der Waals surface area (Å²) >= 11 is 0. The molecule has 0 fully saturated rings. The van der Waals surface area contributed by atoms with Crippen LogP contribution in [0.3, 0.4) is 0 Å². The van der Waals surface area contributed by atoms with Crippen LogP contribution in [0.15, 0.2) is 29.4 Å². The van der Waals surface area contributed by atoms with Gasteiger partial charge in [0.05, 0.1) is 5.71 Å². The monoisotopic (exact) mass is 227 g/mol. The van der Waals surface area contributed by atoms with Crippen molar-refractivity contribution in [3.63, 3.8) is 0 Å². The van der Waals surface area contributed by atoms with Crippen LogP contribution in [0.1, 0.15) is 23.6 Å². The fourth-order valence-electron chi connectivity index (χ4n) is 2.64. The minimum atomic E-state index is 0.211. The summed E-state index contributed by atoms with van der Waals surface area (Å²) in [4.78, 5) is 0. The van der Waals surface area contributed by atoms with Crippen LogP contribution >= 0.6 is 0 Å². The summed E-state index contributed by atoms with van der Waals surface area (Å²) in [5, 5.41) is 24.3. The van der Waals surface area contributed by atoms with Crippen molar-refractivity contribution in [1.29, 1.82) is 0 Å². The fraction of sp³-hybridized carbons (Fsp3) is 0.214. The zero-order valence-corrected chi connectivity index (χ0v) is 9.57. The highest BCUT2D eigenvalue weighted by molar-refractivity contribution is 6.08. The van der Waals surface area contributed by atoms with Gasteiger partial charge in [0.2, 0.25) is 0 Å². The number of benzene rings is 2. The standard InChI is InChI=1S/C14H13NO2/c1-8(15-17)12-7-10-6-5-9-3-2-4-11(13(9)10)14(12)16/h2-4,7,16-17H,5-6H2,1H3. The lowest BCUT2D eigenvalue weighted by Crippen LogP contribution is -1.97. The van der Waals surface area contributed by atoms with Gasteiger partial charge in [-0.25, -0.2) is 0 Å². The molecular weight excluding hydrogens is 214 g/mol. The Bertz CT molecular complexity index is 644. The van der Waals surface area contributed by atoms with Gasteiger partial charge in [0.15, 0.2) is 0 Å². The van der Waals surface area contributed by atoms with Crippen molar-refractivity contribution >= 4 is 16.5 Å². The van der Waals surface area contributed by atoms with Crippen molar-refractivity contribution in [2.45, 2.75) is 19.8 Å². The van der Waals surface area contributed by atoms with E-state index < -0.39 is 0 Å². The number of phenolic OH excluding ortho intramolecular Hbond substituents is 1. The van der Waals surface area contributed by atoms with Gasteiger partial charge in [0.1, 0.15) is 5.75 Å². The molecule has 0 amide bonds. The van der Waals surface area contributed by atoms with Gasteiger partial charge in [-0.15, -0.1) is 0 Å². The van der Waals surface area contributed by atoms with Crippen molar-refractivity contribution < 1.29 is 10.3 Å². The highest BCUT2D eigenvalue weighted by atomic mass is 16.4. The Morgan fingerprint density at radius 1 is 1.24 bits per heavy atom. The van der Waals surface area contributed by atoms with Gasteiger partial charge >= 0.3 is 0 Å². The molecule has 3 rings (SSSR count). The van der Waals surface area contributed by atoms with Crippen LogP contribution in [-0.4, -0.2) is 16.0 Å². The first-order valence-corrected chi connectivity index (χ1v) is 5.68. The summed E-state index contributed by atoms with van der Waals surface area (Å²) in [6.07, 6.45) is 2.01. The minimum absolute atomic E-state index is 0.211. The molecule has 0 radical (unpaired) electrons. The molecule has 1 aliphatic carbocycles. The molecule has 86 valence electrons. The summed E-state index contributed by atoms with van der Waals surface area (Å²) in [5.74, 6) is 0.211. The molecule has 0 saturated carbocycles. The van der Waals surface area contributed by atoms with Crippen LogP contribution < -0.4 is 0 Å². The molecule has 0 aliphatic heterocycles. The third kappa shape index (κ3) is 1.32. The number of hydrogen-bond acceptors (Lipinski definition) is 3. The van der Waals surface area contributed by atoms with Crippen LogP contribution in [0.5, 0.6) is 5.75 Å². The molecule has 1 aliphatic rings. The summed E-state index contributed by atoms with van der Waals surface area (Å²) in [5.41, 5.74) is 3.58. The number of aromatic hydroxyl groups is 1. The number of aryl methyl sites for hydroxylation is 2. The quantitative estimate of drug-likeness (QED) is 0.447. The number of hydrogen-bond donors (Lipinski definition) is 2. The summed E-state index contributed by atoms with van der Waals surface area (Å²) < 4.78 is 0. The molecule has 0 unspecified atom stereocenters. The highest BCUT2D eigenvalue weighted by Crippen LogP contribution is 2.38. The predicted octanol–water partition coefficient (Wildman–Crippen LogP) is 2.84. The van der Waals surface area contributed by atoms with Gasteiger partial charge in [-0.1, -0.05) is 23.4 Å². The second-order valence-corrected chi connectivity index (χ2v) is 4.46. The zero-order valence-electron chi connectivity index (χ0n) is 9.57. The Kier molecular flexibility index (Phi) is 2.08. The molecule has 2 N–H and O–H groups in total. The van der Waals surface area contributed by atoms with Crippen LogP contribution in [0, 0.1) is 0 Å². The van der Waals surface area contributed by atoms with Gasteiger partial charge in [-0.05, 0) is 42.3 Å². The van der Waals surface area contributed by atoms with Crippen LogP contribution in [-0.2, 0) is 12.8 Å². The Morgan fingerprint density at radius 3 is 2.76 bits per heavy atom. The van der Waals surface area contributed by atoms with E-state index in [0.717, 1.165) is 18.2 Å². The number of phenols is 1. The molecule has 0 saturated heterocycles. The van der Waals surface area contributed by atoms with E-state index in [-0.39, 0.29) is 5.75 Å². The smallest absolute Gasteiger partial charge is 0.132 e. The predicted molar refractivity (Wildman–Crippen MR) is 67.0 cm³/mol. The van der Waals surface area contributed by atoms with E-state index in [1.807, 2.05) is 18.2 Å². The summed E-state index contributed by atoms with van der Waals surface area (Å²) in [7, 11) is 0. The molecule has 3 heteroatoms. The van der Waals surface area contributed by atoms with E-state index in [4.69, 9.17) is 5.21 Å². The average Bonchev–Trinajstić information content (AvgIpc) is 2.77. The maximum absolute atomic E-state index is 10.2. The maximum atomic E-state index is 10.2. The summed E-state index contributed by atoms with van der Waals surface area (Å²) in [6.45, 7) is 1.69. The first-order valence-electron chi connectivity index (χ1n) is 5.68. The van der Waals surface area contributed by atoms with E-state index in [9.17, 15) is 5.11 Å². The van der Waals surface area contributed by atoms with Gasteiger partial charge in [0, 0.05) is 10.9 Å². The first-order chi connectivity index (χ1) is 8.22. The zero-order chi connectivity index (χ0) is 12.0. The SMILES string of the molecule is CC(=NO)c1cc2c3c(cccc3c1O)CC2. The van der Waals surface area contributed by atoms with E-state index >= 15 is 0 Å². The van der Waals surface area contributed by atoms with Crippen LogP contribution in [0.2, 0.25) is 0 Å². The van der Waals surface area contributed by atoms with Crippen molar-refractivity contribution in [3.05, 3.63) is 41.0 Å². The van der Waals surface area contributed by atoms with E-state index in [0.29, 0.717) is 11.3 Å². The second-order valence-electron chi connectivity index (χ2n) is 4.46. The molecule has 3 nitrogen and oxygen atoms in total. The van der Waals surface area contributed by atoms with E-state index in [1.165, 1.54) is 16.5 Å². The summed E-state index contributed by atoms with van der Waals surface area (Å²) in [6, 6.07) is 7.91. The molecule has 0 atom stereocenters.